The van der Waals surface area contributed by atoms with Crippen molar-refractivity contribution in [2.75, 3.05) is 5.73 Å². The second-order valence-corrected chi connectivity index (χ2v) is 4.38. The average Bonchev–Trinajstić information content (AvgIpc) is 2.01. The van der Waals surface area contributed by atoms with Crippen molar-refractivity contribution in [3.8, 4) is 0 Å². The van der Waals surface area contributed by atoms with Crippen LogP contribution in [0.5, 0.6) is 0 Å². The highest BCUT2D eigenvalue weighted by Gasteiger charge is 2.19. The molecule has 0 aliphatic rings. The Hall–Kier alpha value is -1.51. The third-order valence-electron chi connectivity index (χ3n) is 2.18. The van der Waals surface area contributed by atoms with Crippen molar-refractivity contribution in [2.24, 2.45) is 5.73 Å². The maximum absolute atomic E-state index is 11.0. The summed E-state index contributed by atoms with van der Waals surface area (Å²) in [6.07, 6.45) is 0. The fraction of sp³-hybridized carbons (Fsp3) is 0.364. The van der Waals surface area contributed by atoms with E-state index >= 15 is 0 Å². The summed E-state index contributed by atoms with van der Waals surface area (Å²) in [6, 6.07) is 5.37. The third-order valence-corrected chi connectivity index (χ3v) is 2.18. The fourth-order valence-corrected chi connectivity index (χ4v) is 1.43. The zero-order valence-electron chi connectivity index (χ0n) is 8.79. The van der Waals surface area contributed by atoms with Crippen molar-refractivity contribution in [3.05, 3.63) is 29.3 Å². The van der Waals surface area contributed by atoms with E-state index in [1.807, 2.05) is 26.8 Å². The monoisotopic (exact) mass is 192 g/mol. The molecule has 0 saturated heterocycles. The number of benzene rings is 1. The van der Waals surface area contributed by atoms with Crippen LogP contribution in [0.15, 0.2) is 18.2 Å². The van der Waals surface area contributed by atoms with E-state index < -0.39 is 5.91 Å². The smallest absolute Gasteiger partial charge is 0.250 e. The van der Waals surface area contributed by atoms with Gasteiger partial charge in [-0.2, -0.15) is 0 Å². The number of primary amides is 1. The van der Waals surface area contributed by atoms with Gasteiger partial charge in [0.15, 0.2) is 0 Å². The van der Waals surface area contributed by atoms with Crippen LogP contribution < -0.4 is 11.5 Å². The van der Waals surface area contributed by atoms with E-state index in [9.17, 15) is 4.79 Å². The van der Waals surface area contributed by atoms with Crippen molar-refractivity contribution in [2.45, 2.75) is 26.2 Å². The molecule has 0 bridgehead atoms. The average molecular weight is 192 g/mol. The molecule has 0 aliphatic carbocycles. The van der Waals surface area contributed by atoms with Crippen molar-refractivity contribution < 1.29 is 4.79 Å². The molecule has 0 atom stereocenters. The Kier molecular flexibility index (Phi) is 2.51. The van der Waals surface area contributed by atoms with Gasteiger partial charge in [0.1, 0.15) is 0 Å². The zero-order chi connectivity index (χ0) is 10.9. The number of hydrogen-bond acceptors (Lipinski definition) is 2. The predicted octanol–water partition coefficient (Wildman–Crippen LogP) is 1.67. The van der Waals surface area contributed by atoms with Crippen LogP contribution in [0.25, 0.3) is 0 Å². The van der Waals surface area contributed by atoms with Gasteiger partial charge in [0.05, 0.1) is 5.56 Å². The summed E-state index contributed by atoms with van der Waals surface area (Å²) in [5.41, 5.74) is 12.8. The molecule has 1 aromatic carbocycles. The molecule has 0 saturated carbocycles. The van der Waals surface area contributed by atoms with Crippen LogP contribution >= 0.6 is 0 Å². The topological polar surface area (TPSA) is 69.1 Å². The number of nitrogens with two attached hydrogens (primary N) is 2. The first-order valence-corrected chi connectivity index (χ1v) is 4.53. The van der Waals surface area contributed by atoms with Gasteiger partial charge in [0.25, 0.3) is 5.91 Å². The van der Waals surface area contributed by atoms with Crippen molar-refractivity contribution >= 4 is 11.6 Å². The summed E-state index contributed by atoms with van der Waals surface area (Å²) >= 11 is 0. The number of hydrogen-bond donors (Lipinski definition) is 2. The molecule has 0 spiro atoms. The summed E-state index contributed by atoms with van der Waals surface area (Å²) in [5, 5.41) is 0. The highest BCUT2D eigenvalue weighted by atomic mass is 16.1. The van der Waals surface area contributed by atoms with E-state index in [0.29, 0.717) is 11.3 Å². The lowest BCUT2D eigenvalue weighted by atomic mass is 9.84. The molecular formula is C11H16N2O. The Labute approximate surface area is 84.1 Å². The molecule has 0 unspecified atom stereocenters. The molecule has 3 heteroatoms. The number of nitrogen functional groups attached to an aromatic ring is 1. The van der Waals surface area contributed by atoms with Crippen molar-refractivity contribution in [1.29, 1.82) is 0 Å². The summed E-state index contributed by atoms with van der Waals surface area (Å²) in [4.78, 5) is 11.0. The molecule has 1 rings (SSSR count). The van der Waals surface area contributed by atoms with Gasteiger partial charge in [-0.25, -0.2) is 0 Å². The zero-order valence-corrected chi connectivity index (χ0v) is 8.79. The summed E-state index contributed by atoms with van der Waals surface area (Å²) < 4.78 is 0. The Morgan fingerprint density at radius 1 is 1.29 bits per heavy atom. The summed E-state index contributed by atoms with van der Waals surface area (Å²) in [5.74, 6) is -0.478. The summed E-state index contributed by atoms with van der Waals surface area (Å²) in [7, 11) is 0. The Morgan fingerprint density at radius 3 is 2.29 bits per heavy atom. The van der Waals surface area contributed by atoms with Crippen LogP contribution in [0.3, 0.4) is 0 Å². The maximum atomic E-state index is 11.0. The highest BCUT2D eigenvalue weighted by Crippen LogP contribution is 2.29. The van der Waals surface area contributed by atoms with E-state index in [1.165, 1.54) is 0 Å². The number of amides is 1. The SMILES string of the molecule is CC(C)(C)c1cccc(C(N)=O)c1N. The molecule has 14 heavy (non-hydrogen) atoms. The molecule has 1 aromatic rings. The minimum absolute atomic E-state index is 0.0739. The molecular weight excluding hydrogens is 176 g/mol. The molecule has 0 fully saturated rings. The number of anilines is 1. The third kappa shape index (κ3) is 1.87. The number of para-hydroxylation sites is 1. The van der Waals surface area contributed by atoms with Gasteiger partial charge in [-0.1, -0.05) is 32.9 Å². The minimum Gasteiger partial charge on any atom is -0.398 e. The lowest BCUT2D eigenvalue weighted by Crippen LogP contribution is -2.19. The van der Waals surface area contributed by atoms with Gasteiger partial charge in [0, 0.05) is 5.69 Å². The molecule has 0 heterocycles. The lowest BCUT2D eigenvalue weighted by molar-refractivity contribution is 0.100. The van der Waals surface area contributed by atoms with Gasteiger partial charge in [0.2, 0.25) is 0 Å². The highest BCUT2D eigenvalue weighted by molar-refractivity contribution is 5.98. The first-order valence-electron chi connectivity index (χ1n) is 4.53. The van der Waals surface area contributed by atoms with E-state index in [4.69, 9.17) is 11.5 Å². The van der Waals surface area contributed by atoms with Crippen molar-refractivity contribution in [3.63, 3.8) is 0 Å². The molecule has 0 aliphatic heterocycles. The summed E-state index contributed by atoms with van der Waals surface area (Å²) in [6.45, 7) is 6.14. The first-order chi connectivity index (χ1) is 6.34. The van der Waals surface area contributed by atoms with E-state index in [0.717, 1.165) is 5.56 Å². The number of carbonyl (C=O) groups is 1. The van der Waals surface area contributed by atoms with Crippen LogP contribution in [0.4, 0.5) is 5.69 Å². The van der Waals surface area contributed by atoms with Crippen LogP contribution in [-0.2, 0) is 5.41 Å². The van der Waals surface area contributed by atoms with Gasteiger partial charge in [-0.15, -0.1) is 0 Å². The number of carbonyl (C=O) groups excluding carboxylic acids is 1. The predicted molar refractivity (Wildman–Crippen MR) is 58.1 cm³/mol. The molecule has 4 N–H and O–H groups in total. The number of rotatable bonds is 1. The minimum atomic E-state index is -0.478. The molecule has 0 aromatic heterocycles. The normalized spacial score (nSPS) is 11.4. The fourth-order valence-electron chi connectivity index (χ4n) is 1.43. The quantitative estimate of drug-likeness (QED) is 0.664. The molecule has 76 valence electrons. The standard InChI is InChI=1S/C11H16N2O/c1-11(2,3)8-6-4-5-7(9(8)12)10(13)14/h4-6H,12H2,1-3H3,(H2,13,14). The molecule has 3 nitrogen and oxygen atoms in total. The lowest BCUT2D eigenvalue weighted by Gasteiger charge is -2.22. The van der Waals surface area contributed by atoms with E-state index in [1.54, 1.807) is 12.1 Å². The van der Waals surface area contributed by atoms with Crippen LogP contribution in [0.2, 0.25) is 0 Å². The Bertz CT molecular complexity index is 364. The second kappa shape index (κ2) is 3.33. The largest absolute Gasteiger partial charge is 0.398 e. The van der Waals surface area contributed by atoms with Crippen molar-refractivity contribution in [1.82, 2.24) is 0 Å². The van der Waals surface area contributed by atoms with Gasteiger partial charge in [-0.05, 0) is 17.0 Å². The van der Waals surface area contributed by atoms with Gasteiger partial charge in [-0.3, -0.25) is 4.79 Å². The Morgan fingerprint density at radius 2 is 1.86 bits per heavy atom. The van der Waals surface area contributed by atoms with E-state index in [-0.39, 0.29) is 5.41 Å². The Balaban J connectivity index is 3.35. The van der Waals surface area contributed by atoms with Crippen LogP contribution in [-0.4, -0.2) is 5.91 Å². The molecule has 0 radical (unpaired) electrons. The van der Waals surface area contributed by atoms with E-state index in [2.05, 4.69) is 0 Å². The molecule has 1 amide bonds. The van der Waals surface area contributed by atoms with Gasteiger partial charge >= 0.3 is 0 Å². The second-order valence-electron chi connectivity index (χ2n) is 4.38. The maximum Gasteiger partial charge on any atom is 0.250 e. The van der Waals surface area contributed by atoms with Crippen LogP contribution in [0.1, 0.15) is 36.7 Å². The van der Waals surface area contributed by atoms with Gasteiger partial charge < -0.3 is 11.5 Å². The van der Waals surface area contributed by atoms with Crippen LogP contribution in [0, 0.1) is 0 Å². The first kappa shape index (κ1) is 10.6.